The summed E-state index contributed by atoms with van der Waals surface area (Å²) in [4.78, 5) is 30.5. The van der Waals surface area contributed by atoms with Crippen LogP contribution in [0.1, 0.15) is 57.4 Å². The Bertz CT molecular complexity index is 7620. The van der Waals surface area contributed by atoms with E-state index < -0.39 is 11.2 Å². The number of halogens is 2. The van der Waals surface area contributed by atoms with E-state index in [1.165, 1.54) is 70.6 Å². The number of aromatic nitrogens is 8. The lowest BCUT2D eigenvalue weighted by molar-refractivity contribution is -0.107. The molecule has 23 rings (SSSR count). The highest BCUT2D eigenvalue weighted by molar-refractivity contribution is 9.10. The standard InChI is InChI=1S/C62H37N5.C22H13BN2.C18H11Br2N.C6H14O2.4CH4/c1-2-18-44(19-3-1)67-57-30-28-40(38-14-12-16-42(32-38)55-36-63-59-49-24-8-4-20-45(49)47-22-6-10-26-51(47)61(59)65-55)34-53(57)54-35-41(29-31-58(54)67)39-15-13-17-43(33-39)56-37-64-60-50-25-9-5-21-46(50)48-23-7-11-27-52(48)62(60)66-56;23-15-7-5-6-14(12-15)20-13-24-21-18-10-3-1-8-16(18)17-9-2-4-11-19(17)22(21)25-20;19-12-6-8-17-15(10-12)16-11-13(20)7-9-18(16)21(17)14-4-2-1-3-5-14;1-5(2,7)6(3,4)8;;;;/h1-37H;1-13H;1-11H;7-8H,1-4H3;4*1H4. The first-order valence-electron chi connectivity index (χ1n) is 40.3. The number of rotatable bonds is 8. The van der Waals surface area contributed by atoms with Crippen LogP contribution in [0.5, 0.6) is 0 Å². The van der Waals surface area contributed by atoms with Gasteiger partial charge in [-0.1, -0.05) is 322 Å². The summed E-state index contributed by atoms with van der Waals surface area (Å²) in [5.41, 5.74) is 21.3. The summed E-state index contributed by atoms with van der Waals surface area (Å²) in [7, 11) is 5.93. The SMILES string of the molecule is Brc1ccc2c(c1)c1cc(Br)ccc1n2-c1ccccc1.C.C.C.C.CC(C)(O)C(C)(C)O.[B]c1cccc(-c2cnc3c4ccccc4c4ccccc4c3n2)c1.c1ccc(-n2c3ccc(-c4cccc(-c5cnc6c7ccccc7c7ccccc7c6n5)c4)cc3c3cc(-c4cccc(-c5cnc6c7ccccc7c7ccccc7c6n5)c4)ccc32)cc1. The molecule has 2 N–H and O–H groups in total. The van der Waals surface area contributed by atoms with Crippen LogP contribution in [0.2, 0.25) is 0 Å². The van der Waals surface area contributed by atoms with Crippen LogP contribution in [0.25, 0.3) is 209 Å². The van der Waals surface area contributed by atoms with E-state index in [4.69, 9.17) is 48.0 Å². The van der Waals surface area contributed by atoms with E-state index in [-0.39, 0.29) is 29.7 Å². The molecule has 23 aromatic rings. The van der Waals surface area contributed by atoms with Crippen LogP contribution in [-0.2, 0) is 0 Å². The Balaban J connectivity index is 0.000000161. The van der Waals surface area contributed by atoms with Crippen molar-refractivity contribution in [2.75, 3.05) is 0 Å². The topological polar surface area (TPSA) is 128 Å². The maximum atomic E-state index is 9.10. The van der Waals surface area contributed by atoms with Gasteiger partial charge in [-0.25, -0.2) is 15.0 Å². The van der Waals surface area contributed by atoms with Gasteiger partial charge in [-0.05, 0) is 179 Å². The Kier molecular flexibility index (Phi) is 23.6. The van der Waals surface area contributed by atoms with Crippen molar-refractivity contribution >= 4 is 187 Å². The van der Waals surface area contributed by atoms with Gasteiger partial charge in [-0.2, -0.15) is 0 Å². The van der Waals surface area contributed by atoms with Gasteiger partial charge in [0.1, 0.15) is 7.85 Å². The van der Waals surface area contributed by atoms with E-state index in [0.29, 0.717) is 0 Å². The van der Waals surface area contributed by atoms with Gasteiger partial charge in [0, 0.05) is 90.9 Å². The molecule has 10 nitrogen and oxygen atoms in total. The molecule has 0 aliphatic carbocycles. The predicted octanol–water partition coefficient (Wildman–Crippen LogP) is 29.7. The third kappa shape index (κ3) is 15.7. The first kappa shape index (κ1) is 84.7. The monoisotopic (exact) mass is 1750 g/mol. The number of para-hydroxylation sites is 2. The molecule has 13 heteroatoms. The van der Waals surface area contributed by atoms with Crippen LogP contribution >= 0.6 is 31.9 Å². The van der Waals surface area contributed by atoms with E-state index in [9.17, 15) is 0 Å². The number of fused-ring (bicyclic) bond motifs is 24. The first-order valence-corrected chi connectivity index (χ1v) is 41.9. The Hall–Kier alpha value is -13.9. The fraction of sp³-hybridized carbons (Fsp3) is 0.0893. The van der Waals surface area contributed by atoms with Gasteiger partial charge < -0.3 is 19.3 Å². The highest BCUT2D eigenvalue weighted by atomic mass is 79.9. The summed E-state index contributed by atoms with van der Waals surface area (Å²) in [6.07, 6.45) is 5.68. The minimum Gasteiger partial charge on any atom is -0.387 e. The minimum atomic E-state index is -1.01. The van der Waals surface area contributed by atoms with Crippen LogP contribution in [0.4, 0.5) is 0 Å². The molecule has 608 valence electrons. The quantitative estimate of drug-likeness (QED) is 0.114. The van der Waals surface area contributed by atoms with Crippen molar-refractivity contribution in [3.8, 4) is 67.4 Å². The number of hydrogen-bond donors (Lipinski definition) is 2. The van der Waals surface area contributed by atoms with Crippen molar-refractivity contribution in [2.45, 2.75) is 68.6 Å². The zero-order chi connectivity index (χ0) is 82.2. The second-order valence-electron chi connectivity index (χ2n) is 31.7. The molecule has 0 aliphatic rings. The van der Waals surface area contributed by atoms with Crippen molar-refractivity contribution in [1.29, 1.82) is 0 Å². The molecule has 0 saturated heterocycles. The van der Waals surface area contributed by atoms with Crippen LogP contribution in [0, 0.1) is 0 Å². The summed E-state index contributed by atoms with van der Waals surface area (Å²) < 4.78 is 6.88. The molecule has 18 aromatic carbocycles. The summed E-state index contributed by atoms with van der Waals surface area (Å²) in [6, 6.07) is 124. The minimum absolute atomic E-state index is 0. The lowest BCUT2D eigenvalue weighted by Gasteiger charge is -2.31. The van der Waals surface area contributed by atoms with Gasteiger partial charge >= 0.3 is 0 Å². The zero-order valence-corrected chi connectivity index (χ0v) is 69.7. The van der Waals surface area contributed by atoms with Gasteiger partial charge in [-0.15, -0.1) is 0 Å². The lowest BCUT2D eigenvalue weighted by atomic mass is 9.90. The largest absolute Gasteiger partial charge is 0.387 e. The molecule has 0 unspecified atom stereocenters. The smallest absolute Gasteiger partial charge is 0.113 e. The highest BCUT2D eigenvalue weighted by Gasteiger charge is 2.32. The molecule has 0 aliphatic heterocycles. The number of benzene rings is 18. The zero-order valence-electron chi connectivity index (χ0n) is 66.5. The lowest BCUT2D eigenvalue weighted by Crippen LogP contribution is -2.44. The van der Waals surface area contributed by atoms with Gasteiger partial charge in [0.2, 0.25) is 0 Å². The van der Waals surface area contributed by atoms with E-state index in [1.54, 1.807) is 27.7 Å². The third-order valence-electron chi connectivity index (χ3n) is 23.4. The molecule has 0 fully saturated rings. The Labute approximate surface area is 745 Å². The second kappa shape index (κ2) is 34.8. The maximum Gasteiger partial charge on any atom is 0.113 e. The fourth-order valence-electron chi connectivity index (χ4n) is 16.8. The van der Waals surface area contributed by atoms with Crippen LogP contribution in [-0.4, -0.2) is 68.3 Å². The highest BCUT2D eigenvalue weighted by Crippen LogP contribution is 2.43. The average Bonchev–Trinajstić information content (AvgIpc) is 1.74. The molecule has 0 saturated carbocycles. The number of nitrogens with zero attached hydrogens (tertiary/aromatic N) is 8. The molecular weight excluding hydrogens is 1660 g/mol. The number of aliphatic hydroxyl groups is 2. The molecular formula is C112H91BBr2N8O2. The van der Waals surface area contributed by atoms with E-state index in [1.807, 2.05) is 61.1 Å². The normalized spacial score (nSPS) is 11.5. The van der Waals surface area contributed by atoms with Crippen LogP contribution < -0.4 is 5.46 Å². The van der Waals surface area contributed by atoms with E-state index >= 15 is 0 Å². The van der Waals surface area contributed by atoms with Gasteiger partial charge in [-0.3, -0.25) is 15.0 Å². The van der Waals surface area contributed by atoms with E-state index in [0.717, 1.165) is 153 Å². The summed E-state index contributed by atoms with van der Waals surface area (Å²) in [5, 5.41) is 36.9. The maximum absolute atomic E-state index is 9.10. The van der Waals surface area contributed by atoms with Crippen molar-refractivity contribution in [3.05, 3.63) is 379 Å². The Morgan fingerprint density at radius 2 is 0.488 bits per heavy atom. The fourth-order valence-corrected chi connectivity index (χ4v) is 17.5. The summed E-state index contributed by atoms with van der Waals surface area (Å²) in [6.45, 7) is 6.31. The van der Waals surface area contributed by atoms with Gasteiger partial charge in [0.25, 0.3) is 0 Å². The van der Waals surface area contributed by atoms with E-state index in [2.05, 4.69) is 350 Å². The first-order chi connectivity index (χ1) is 59.0. The Morgan fingerprint density at radius 3 is 0.792 bits per heavy atom. The third-order valence-corrected chi connectivity index (χ3v) is 24.4. The molecule has 0 spiro atoms. The van der Waals surface area contributed by atoms with Gasteiger partial charge in [0.15, 0.2) is 0 Å². The molecule has 0 atom stereocenters. The van der Waals surface area contributed by atoms with Crippen molar-refractivity contribution in [2.24, 2.45) is 0 Å². The van der Waals surface area contributed by atoms with Crippen molar-refractivity contribution in [1.82, 2.24) is 39.0 Å². The van der Waals surface area contributed by atoms with Crippen LogP contribution in [0.15, 0.2) is 379 Å². The average molecular weight is 1750 g/mol. The predicted molar refractivity (Wildman–Crippen MR) is 540 cm³/mol. The Morgan fingerprint density at radius 1 is 0.240 bits per heavy atom. The summed E-state index contributed by atoms with van der Waals surface area (Å²) in [5.74, 6) is 0. The molecule has 0 amide bonds. The van der Waals surface area contributed by atoms with Gasteiger partial charge in [0.05, 0.1) is 102 Å². The molecule has 5 aromatic heterocycles. The molecule has 0 bridgehead atoms. The van der Waals surface area contributed by atoms with Crippen molar-refractivity contribution < 1.29 is 10.2 Å². The molecule has 125 heavy (non-hydrogen) atoms. The van der Waals surface area contributed by atoms with Crippen LogP contribution in [0.3, 0.4) is 0 Å². The van der Waals surface area contributed by atoms with Crippen molar-refractivity contribution in [3.63, 3.8) is 0 Å². The number of hydrogen-bond acceptors (Lipinski definition) is 8. The second-order valence-corrected chi connectivity index (χ2v) is 33.5. The molecule has 2 radical (unpaired) electrons. The summed E-state index contributed by atoms with van der Waals surface area (Å²) >= 11 is 7.16. The molecule has 5 heterocycles.